The minimum Gasteiger partial charge on any atom is -0.456 e. The second kappa shape index (κ2) is 12.3. The number of furan rings is 1. The number of nitrogens with zero attached hydrogens (tertiary/aromatic N) is 5. The van der Waals surface area contributed by atoms with Crippen molar-refractivity contribution in [3.63, 3.8) is 0 Å². The maximum Gasteiger partial charge on any atom is 0.164 e. The van der Waals surface area contributed by atoms with Crippen molar-refractivity contribution >= 4 is 65.6 Å². The molecular formula is C51H31N5O. The summed E-state index contributed by atoms with van der Waals surface area (Å²) in [7, 11) is 0. The number of para-hydroxylation sites is 4. The lowest BCUT2D eigenvalue weighted by molar-refractivity contribution is 0.669. The summed E-state index contributed by atoms with van der Waals surface area (Å²) in [5.41, 5.74) is 11.2. The van der Waals surface area contributed by atoms with Crippen LogP contribution in [-0.4, -0.2) is 24.1 Å². The Morgan fingerprint density at radius 1 is 0.298 bits per heavy atom. The molecule has 0 bridgehead atoms. The van der Waals surface area contributed by atoms with Crippen molar-refractivity contribution < 1.29 is 4.42 Å². The first-order valence-electron chi connectivity index (χ1n) is 19.1. The standard InChI is InChI=1S/C51H31N5O/c1-3-13-32(14-4-1)49-52-50(54-51(53-49)34-25-28-40-39-19-9-12-22-47(39)57-48(40)29-34)33-23-26-36(27-24-33)56-44-21-11-8-18-38(44)42-30-45-41(31-46(42)56)37-17-7-10-20-43(37)55(45)35-15-5-2-6-16-35/h1-31H. The molecule has 0 aliphatic rings. The molecule has 8 aromatic carbocycles. The number of hydrogen-bond donors (Lipinski definition) is 0. The first-order chi connectivity index (χ1) is 28.2. The topological polar surface area (TPSA) is 61.7 Å². The fourth-order valence-electron chi connectivity index (χ4n) is 8.54. The monoisotopic (exact) mass is 729 g/mol. The third kappa shape index (κ3) is 4.94. The van der Waals surface area contributed by atoms with E-state index in [9.17, 15) is 0 Å². The maximum atomic E-state index is 6.25. The number of benzene rings is 8. The van der Waals surface area contributed by atoms with Gasteiger partial charge in [0.2, 0.25) is 0 Å². The summed E-state index contributed by atoms with van der Waals surface area (Å²) >= 11 is 0. The smallest absolute Gasteiger partial charge is 0.164 e. The Labute approximate surface area is 326 Å². The normalized spacial score (nSPS) is 11.9. The lowest BCUT2D eigenvalue weighted by Gasteiger charge is -2.11. The summed E-state index contributed by atoms with van der Waals surface area (Å²) in [5.74, 6) is 1.81. The molecule has 12 aromatic rings. The Bertz CT molecular complexity index is 3510. The predicted octanol–water partition coefficient (Wildman–Crippen LogP) is 13.0. The van der Waals surface area contributed by atoms with Gasteiger partial charge in [-0.3, -0.25) is 0 Å². The molecule has 4 aromatic heterocycles. The highest BCUT2D eigenvalue weighted by Gasteiger charge is 2.19. The highest BCUT2D eigenvalue weighted by molar-refractivity contribution is 6.19. The second-order valence-corrected chi connectivity index (χ2v) is 14.5. The Balaban J connectivity index is 1.02. The van der Waals surface area contributed by atoms with E-state index in [-0.39, 0.29) is 0 Å². The second-order valence-electron chi connectivity index (χ2n) is 14.5. The van der Waals surface area contributed by atoms with Crippen LogP contribution in [0.1, 0.15) is 0 Å². The molecule has 0 saturated carbocycles. The number of rotatable bonds is 5. The number of hydrogen-bond acceptors (Lipinski definition) is 4. The van der Waals surface area contributed by atoms with E-state index < -0.39 is 0 Å². The van der Waals surface area contributed by atoms with Gasteiger partial charge in [-0.1, -0.05) is 109 Å². The van der Waals surface area contributed by atoms with Gasteiger partial charge in [-0.05, 0) is 78.9 Å². The summed E-state index contributed by atoms with van der Waals surface area (Å²) in [4.78, 5) is 15.1. The van der Waals surface area contributed by atoms with E-state index in [1.54, 1.807) is 0 Å². The SMILES string of the molecule is c1ccc(-c2nc(-c3ccc(-n4c5ccccc5c5cc6c(cc54)c4ccccc4n6-c4ccccc4)cc3)nc(-c3ccc4c(c3)oc3ccccc34)n2)cc1. The van der Waals surface area contributed by atoms with Crippen molar-refractivity contribution in [2.24, 2.45) is 0 Å². The summed E-state index contributed by atoms with van der Waals surface area (Å²) < 4.78 is 11.0. The van der Waals surface area contributed by atoms with E-state index in [1.165, 1.54) is 32.6 Å². The molecule has 0 amide bonds. The molecule has 0 N–H and O–H groups in total. The van der Waals surface area contributed by atoms with Gasteiger partial charge in [-0.2, -0.15) is 0 Å². The first-order valence-corrected chi connectivity index (χ1v) is 19.1. The van der Waals surface area contributed by atoms with E-state index in [4.69, 9.17) is 19.4 Å². The lowest BCUT2D eigenvalue weighted by Crippen LogP contribution is -2.00. The van der Waals surface area contributed by atoms with Crippen LogP contribution in [0.3, 0.4) is 0 Å². The molecule has 0 fully saturated rings. The molecule has 0 aliphatic carbocycles. The van der Waals surface area contributed by atoms with Gasteiger partial charge in [0, 0.05) is 60.4 Å². The van der Waals surface area contributed by atoms with Gasteiger partial charge in [0.25, 0.3) is 0 Å². The largest absolute Gasteiger partial charge is 0.456 e. The summed E-state index contributed by atoms with van der Waals surface area (Å²) in [5, 5.41) is 7.01. The van der Waals surface area contributed by atoms with Crippen molar-refractivity contribution in [1.82, 2.24) is 24.1 Å². The molecule has 4 heterocycles. The Morgan fingerprint density at radius 3 is 1.39 bits per heavy atom. The van der Waals surface area contributed by atoms with Crippen LogP contribution in [0.4, 0.5) is 0 Å². The third-order valence-electron chi connectivity index (χ3n) is 11.2. The lowest BCUT2D eigenvalue weighted by atomic mass is 10.1. The minimum absolute atomic E-state index is 0.589. The molecule has 0 radical (unpaired) electrons. The van der Waals surface area contributed by atoms with Crippen LogP contribution in [0.15, 0.2) is 192 Å². The van der Waals surface area contributed by atoms with E-state index in [0.717, 1.165) is 61.0 Å². The van der Waals surface area contributed by atoms with Gasteiger partial charge >= 0.3 is 0 Å². The van der Waals surface area contributed by atoms with Crippen LogP contribution in [0, 0.1) is 0 Å². The summed E-state index contributed by atoms with van der Waals surface area (Å²) in [6.45, 7) is 0. The van der Waals surface area contributed by atoms with Crippen LogP contribution in [0.5, 0.6) is 0 Å². The van der Waals surface area contributed by atoms with E-state index in [1.807, 2.05) is 54.6 Å². The van der Waals surface area contributed by atoms with Crippen molar-refractivity contribution in [1.29, 1.82) is 0 Å². The third-order valence-corrected chi connectivity index (χ3v) is 11.2. The van der Waals surface area contributed by atoms with Crippen LogP contribution >= 0.6 is 0 Å². The van der Waals surface area contributed by atoms with Crippen LogP contribution < -0.4 is 0 Å². The zero-order valence-electron chi connectivity index (χ0n) is 30.5. The van der Waals surface area contributed by atoms with Gasteiger partial charge in [-0.15, -0.1) is 0 Å². The van der Waals surface area contributed by atoms with Crippen molar-refractivity contribution in [3.05, 3.63) is 188 Å². The maximum absolute atomic E-state index is 6.25. The van der Waals surface area contributed by atoms with E-state index in [0.29, 0.717) is 17.5 Å². The highest BCUT2D eigenvalue weighted by Crippen LogP contribution is 2.40. The number of fused-ring (bicyclic) bond motifs is 9. The molecule has 0 spiro atoms. The van der Waals surface area contributed by atoms with Gasteiger partial charge in [0.1, 0.15) is 11.2 Å². The Morgan fingerprint density at radius 2 is 0.754 bits per heavy atom. The fraction of sp³-hybridized carbons (Fsp3) is 0. The zero-order chi connectivity index (χ0) is 37.5. The molecule has 0 unspecified atom stereocenters. The molecule has 57 heavy (non-hydrogen) atoms. The average Bonchev–Trinajstić information content (AvgIpc) is 3.93. The van der Waals surface area contributed by atoms with Crippen molar-refractivity contribution in [2.75, 3.05) is 0 Å². The van der Waals surface area contributed by atoms with Gasteiger partial charge in [0.15, 0.2) is 17.5 Å². The average molecular weight is 730 g/mol. The summed E-state index contributed by atoms with van der Waals surface area (Å²) in [6, 6.07) is 65.7. The van der Waals surface area contributed by atoms with Gasteiger partial charge in [0.05, 0.1) is 22.1 Å². The fourth-order valence-corrected chi connectivity index (χ4v) is 8.54. The van der Waals surface area contributed by atoms with Crippen LogP contribution in [-0.2, 0) is 0 Å². The molecule has 0 aliphatic heterocycles. The number of aromatic nitrogens is 5. The molecular weight excluding hydrogens is 699 g/mol. The quantitative estimate of drug-likeness (QED) is 0.177. The molecule has 12 rings (SSSR count). The highest BCUT2D eigenvalue weighted by atomic mass is 16.3. The van der Waals surface area contributed by atoms with Crippen LogP contribution in [0.25, 0.3) is 111 Å². The minimum atomic E-state index is 0.589. The van der Waals surface area contributed by atoms with Crippen molar-refractivity contribution in [2.45, 2.75) is 0 Å². The van der Waals surface area contributed by atoms with E-state index >= 15 is 0 Å². The van der Waals surface area contributed by atoms with E-state index in [2.05, 4.69) is 143 Å². The predicted molar refractivity (Wildman–Crippen MR) is 232 cm³/mol. The molecule has 266 valence electrons. The zero-order valence-corrected chi connectivity index (χ0v) is 30.5. The molecule has 0 atom stereocenters. The first kappa shape index (κ1) is 31.5. The van der Waals surface area contributed by atoms with Crippen molar-refractivity contribution in [3.8, 4) is 45.5 Å². The molecule has 6 nitrogen and oxygen atoms in total. The van der Waals surface area contributed by atoms with Crippen LogP contribution in [0.2, 0.25) is 0 Å². The Hall–Kier alpha value is -7.83. The summed E-state index contributed by atoms with van der Waals surface area (Å²) in [6.07, 6.45) is 0. The molecule has 0 saturated heterocycles. The van der Waals surface area contributed by atoms with Gasteiger partial charge in [-0.25, -0.2) is 15.0 Å². The van der Waals surface area contributed by atoms with Gasteiger partial charge < -0.3 is 13.6 Å². The Kier molecular flexibility index (Phi) is 6.83. The molecule has 6 heteroatoms.